The first kappa shape index (κ1) is 22.4. The van der Waals surface area contributed by atoms with Gasteiger partial charge in [0.25, 0.3) is 5.91 Å². The summed E-state index contributed by atoms with van der Waals surface area (Å²) >= 11 is 0. The Hall–Kier alpha value is -2.94. The third kappa shape index (κ3) is 5.77. The van der Waals surface area contributed by atoms with Crippen LogP contribution in [-0.4, -0.2) is 38.6 Å². The number of sulfonamides is 1. The topological polar surface area (TPSA) is 95.6 Å². The van der Waals surface area contributed by atoms with Crippen molar-refractivity contribution in [2.75, 3.05) is 15.9 Å². The highest BCUT2D eigenvalue weighted by molar-refractivity contribution is 7.92. The SMILES string of the molecule is CC(C)NC(=O)c1ccccc1NC(=O)[C@H](C)N(c1cccc(F)c1)S(C)(=O)=O. The molecule has 0 heterocycles. The summed E-state index contributed by atoms with van der Waals surface area (Å²) in [7, 11) is -3.89. The number of halogens is 1. The van der Waals surface area contributed by atoms with Crippen molar-refractivity contribution in [2.24, 2.45) is 0 Å². The average molecular weight is 421 g/mol. The zero-order valence-electron chi connectivity index (χ0n) is 16.6. The molecule has 0 fully saturated rings. The molecule has 29 heavy (non-hydrogen) atoms. The van der Waals surface area contributed by atoms with Gasteiger partial charge in [-0.15, -0.1) is 0 Å². The van der Waals surface area contributed by atoms with Crippen LogP contribution >= 0.6 is 0 Å². The van der Waals surface area contributed by atoms with Crippen LogP contribution in [0.3, 0.4) is 0 Å². The molecule has 0 bridgehead atoms. The number of hydrogen-bond donors (Lipinski definition) is 2. The first-order valence-electron chi connectivity index (χ1n) is 8.96. The summed E-state index contributed by atoms with van der Waals surface area (Å²) < 4.78 is 39.0. The summed E-state index contributed by atoms with van der Waals surface area (Å²) in [5.74, 6) is -1.66. The van der Waals surface area contributed by atoms with Crippen LogP contribution in [0.5, 0.6) is 0 Å². The van der Waals surface area contributed by atoms with E-state index < -0.39 is 27.8 Å². The normalized spacial score (nSPS) is 12.3. The fourth-order valence-electron chi connectivity index (χ4n) is 2.79. The van der Waals surface area contributed by atoms with E-state index in [2.05, 4.69) is 10.6 Å². The molecule has 7 nitrogen and oxygen atoms in total. The molecule has 156 valence electrons. The van der Waals surface area contributed by atoms with Gasteiger partial charge in [0.1, 0.15) is 11.9 Å². The lowest BCUT2D eigenvalue weighted by molar-refractivity contribution is -0.116. The highest BCUT2D eigenvalue weighted by Gasteiger charge is 2.30. The van der Waals surface area contributed by atoms with Gasteiger partial charge in [-0.2, -0.15) is 0 Å². The van der Waals surface area contributed by atoms with E-state index in [1.165, 1.54) is 25.1 Å². The summed E-state index contributed by atoms with van der Waals surface area (Å²) in [6.07, 6.45) is 0.936. The Kier molecular flexibility index (Phi) is 6.97. The van der Waals surface area contributed by atoms with Gasteiger partial charge in [0.05, 0.1) is 23.2 Å². The quantitative estimate of drug-likeness (QED) is 0.719. The number of nitrogens with zero attached hydrogens (tertiary/aromatic N) is 1. The van der Waals surface area contributed by atoms with Crippen molar-refractivity contribution in [3.8, 4) is 0 Å². The number of hydrogen-bond acceptors (Lipinski definition) is 4. The van der Waals surface area contributed by atoms with Crippen molar-refractivity contribution in [2.45, 2.75) is 32.9 Å². The lowest BCUT2D eigenvalue weighted by Gasteiger charge is -2.28. The molecule has 0 aliphatic carbocycles. The van der Waals surface area contributed by atoms with Crippen LogP contribution in [0, 0.1) is 5.82 Å². The Labute approximate surface area is 170 Å². The molecule has 1 atom stereocenters. The van der Waals surface area contributed by atoms with Crippen LogP contribution in [-0.2, 0) is 14.8 Å². The van der Waals surface area contributed by atoms with Gasteiger partial charge in [-0.25, -0.2) is 12.8 Å². The maximum Gasteiger partial charge on any atom is 0.253 e. The molecule has 9 heteroatoms. The lowest BCUT2D eigenvalue weighted by atomic mass is 10.1. The van der Waals surface area contributed by atoms with Gasteiger partial charge in [0.15, 0.2) is 0 Å². The summed E-state index contributed by atoms with van der Waals surface area (Å²) in [6.45, 7) is 5.01. The molecule has 0 spiro atoms. The van der Waals surface area contributed by atoms with Crippen molar-refractivity contribution >= 4 is 33.2 Å². The van der Waals surface area contributed by atoms with Crippen molar-refractivity contribution in [3.05, 3.63) is 59.9 Å². The first-order valence-corrected chi connectivity index (χ1v) is 10.8. The van der Waals surface area contributed by atoms with E-state index in [0.717, 1.165) is 16.6 Å². The Bertz CT molecular complexity index is 1010. The van der Waals surface area contributed by atoms with E-state index in [-0.39, 0.29) is 28.9 Å². The van der Waals surface area contributed by atoms with Crippen molar-refractivity contribution in [1.29, 1.82) is 0 Å². The number of carbonyl (C=O) groups is 2. The van der Waals surface area contributed by atoms with Gasteiger partial charge in [0.2, 0.25) is 15.9 Å². The molecule has 0 saturated carbocycles. The van der Waals surface area contributed by atoms with Crippen molar-refractivity contribution < 1.29 is 22.4 Å². The molecule has 2 aromatic rings. The van der Waals surface area contributed by atoms with E-state index in [1.54, 1.807) is 24.3 Å². The molecule has 0 aromatic heterocycles. The highest BCUT2D eigenvalue weighted by Crippen LogP contribution is 2.23. The van der Waals surface area contributed by atoms with E-state index in [0.29, 0.717) is 0 Å². The zero-order valence-corrected chi connectivity index (χ0v) is 17.5. The number of anilines is 2. The monoisotopic (exact) mass is 421 g/mol. The minimum Gasteiger partial charge on any atom is -0.350 e. The van der Waals surface area contributed by atoms with Gasteiger partial charge in [-0.3, -0.25) is 13.9 Å². The summed E-state index contributed by atoms with van der Waals surface area (Å²) in [5.41, 5.74) is 0.523. The number of para-hydroxylation sites is 1. The second-order valence-corrected chi connectivity index (χ2v) is 8.74. The number of nitrogens with one attached hydrogen (secondary N) is 2. The molecule has 0 aliphatic rings. The maximum atomic E-state index is 13.6. The van der Waals surface area contributed by atoms with E-state index in [4.69, 9.17) is 0 Å². The predicted molar refractivity (Wildman–Crippen MR) is 111 cm³/mol. The number of benzene rings is 2. The van der Waals surface area contributed by atoms with Gasteiger partial charge in [-0.1, -0.05) is 18.2 Å². The standard InChI is InChI=1S/C20H24FN3O4S/c1-13(2)22-20(26)17-10-5-6-11-18(17)23-19(25)14(3)24(29(4,27)28)16-9-7-8-15(21)12-16/h5-14H,1-4H3,(H,22,26)(H,23,25)/t14-/m0/s1. The number of rotatable bonds is 7. The fourth-order valence-corrected chi connectivity index (χ4v) is 3.96. The Morgan fingerprint density at radius 1 is 1.03 bits per heavy atom. The van der Waals surface area contributed by atoms with Gasteiger partial charge in [-0.05, 0) is 51.1 Å². The Morgan fingerprint density at radius 3 is 2.28 bits per heavy atom. The minimum absolute atomic E-state index is 0.0287. The maximum absolute atomic E-state index is 13.6. The molecule has 0 radical (unpaired) electrons. The third-order valence-corrected chi connectivity index (χ3v) is 5.24. The van der Waals surface area contributed by atoms with E-state index >= 15 is 0 Å². The smallest absolute Gasteiger partial charge is 0.253 e. The van der Waals surface area contributed by atoms with Crippen LogP contribution in [0.4, 0.5) is 15.8 Å². The summed E-state index contributed by atoms with van der Waals surface area (Å²) in [5, 5.41) is 5.34. The van der Waals surface area contributed by atoms with Crippen molar-refractivity contribution in [3.63, 3.8) is 0 Å². The Morgan fingerprint density at radius 2 is 1.69 bits per heavy atom. The van der Waals surface area contributed by atoms with Crippen LogP contribution in [0.2, 0.25) is 0 Å². The molecule has 2 rings (SSSR count). The van der Waals surface area contributed by atoms with Crippen LogP contribution in [0.1, 0.15) is 31.1 Å². The van der Waals surface area contributed by atoms with Crippen LogP contribution in [0.25, 0.3) is 0 Å². The molecule has 2 N–H and O–H groups in total. The van der Waals surface area contributed by atoms with Crippen LogP contribution < -0.4 is 14.9 Å². The molecule has 0 saturated heterocycles. The van der Waals surface area contributed by atoms with Gasteiger partial charge >= 0.3 is 0 Å². The first-order chi connectivity index (χ1) is 13.5. The fraction of sp³-hybridized carbons (Fsp3) is 0.300. The Balaban J connectivity index is 2.33. The molecule has 2 aromatic carbocycles. The second-order valence-electron chi connectivity index (χ2n) is 6.88. The van der Waals surface area contributed by atoms with E-state index in [9.17, 15) is 22.4 Å². The van der Waals surface area contributed by atoms with Crippen molar-refractivity contribution in [1.82, 2.24) is 5.32 Å². The number of amides is 2. The minimum atomic E-state index is -3.89. The second kappa shape index (κ2) is 9.04. The van der Waals surface area contributed by atoms with Gasteiger partial charge in [0, 0.05) is 6.04 Å². The number of carbonyl (C=O) groups excluding carboxylic acids is 2. The summed E-state index contributed by atoms with van der Waals surface area (Å²) in [6, 6.07) is 10.1. The molecule has 2 amide bonds. The molecule has 0 aliphatic heterocycles. The lowest BCUT2D eigenvalue weighted by Crippen LogP contribution is -2.45. The largest absolute Gasteiger partial charge is 0.350 e. The average Bonchev–Trinajstić information content (AvgIpc) is 2.60. The molecule has 0 unspecified atom stereocenters. The van der Waals surface area contributed by atoms with Gasteiger partial charge < -0.3 is 10.6 Å². The van der Waals surface area contributed by atoms with E-state index in [1.807, 2.05) is 13.8 Å². The molecular weight excluding hydrogens is 397 g/mol. The van der Waals surface area contributed by atoms with Crippen LogP contribution in [0.15, 0.2) is 48.5 Å². The summed E-state index contributed by atoms with van der Waals surface area (Å²) in [4.78, 5) is 25.2. The highest BCUT2D eigenvalue weighted by atomic mass is 32.2. The molecular formula is C20H24FN3O4S. The zero-order chi connectivity index (χ0) is 21.8. The predicted octanol–water partition coefficient (Wildman–Crippen LogP) is 2.76. The third-order valence-electron chi connectivity index (χ3n) is 4.00.